The van der Waals surface area contributed by atoms with E-state index in [0.29, 0.717) is 28.9 Å². The maximum absolute atomic E-state index is 14.4. The van der Waals surface area contributed by atoms with E-state index in [1.54, 1.807) is 47.0 Å². The number of carbonyl (C=O) groups excluding carboxylic acids is 1. The largest absolute Gasteiger partial charge is 0.449 e. The van der Waals surface area contributed by atoms with Crippen molar-refractivity contribution < 1.29 is 13.9 Å². The number of carbonyl (C=O) groups is 1. The Hall–Kier alpha value is -4.23. The number of nitrogens with zero attached hydrogens (tertiary/aromatic N) is 3. The molecule has 1 fully saturated rings. The maximum Gasteiger partial charge on any atom is 0.294 e. The van der Waals surface area contributed by atoms with Gasteiger partial charge in [0.2, 0.25) is 0 Å². The summed E-state index contributed by atoms with van der Waals surface area (Å²) >= 11 is 0. The number of aryl methyl sites for hydroxylation is 1. The molecule has 0 N–H and O–H groups in total. The normalized spacial score (nSPS) is 16.6. The highest BCUT2D eigenvalue weighted by Gasteiger charge is 2.30. The third kappa shape index (κ3) is 5.22. The molecule has 1 saturated heterocycles. The first-order chi connectivity index (χ1) is 19.1. The summed E-state index contributed by atoms with van der Waals surface area (Å²) in [5.74, 6) is -0.0570. The van der Waals surface area contributed by atoms with Crippen molar-refractivity contribution in [1.82, 2.24) is 9.47 Å². The number of benzene rings is 3. The molecule has 6 nitrogen and oxygen atoms in total. The van der Waals surface area contributed by atoms with Crippen LogP contribution in [0.5, 0.6) is 5.75 Å². The summed E-state index contributed by atoms with van der Waals surface area (Å²) in [5.41, 5.74) is 1.74. The molecule has 2 aliphatic heterocycles. The molecule has 2 aliphatic rings. The maximum atomic E-state index is 14.4. The number of ether oxygens (including phenoxy) is 1. The SMILES string of the molecule is O=C1C(=Cc2ccc3c(=O)n(CCCN4CCCC4)ccc3c2)Oc2ccccc2N1Cc1ccccc1F. The molecular weight excluding hydrogens is 493 g/mol. The van der Waals surface area contributed by atoms with Crippen LogP contribution in [0.3, 0.4) is 0 Å². The predicted octanol–water partition coefficient (Wildman–Crippen LogP) is 5.59. The van der Waals surface area contributed by atoms with Gasteiger partial charge in [0.25, 0.3) is 11.5 Å². The fraction of sp³-hybridized carbons (Fsp3) is 0.250. The molecule has 0 spiro atoms. The molecule has 3 aromatic carbocycles. The van der Waals surface area contributed by atoms with Gasteiger partial charge in [-0.15, -0.1) is 0 Å². The highest BCUT2D eigenvalue weighted by Crippen LogP contribution is 2.36. The van der Waals surface area contributed by atoms with Crippen molar-refractivity contribution in [2.24, 2.45) is 0 Å². The zero-order valence-corrected chi connectivity index (χ0v) is 21.7. The van der Waals surface area contributed by atoms with Crippen molar-refractivity contribution in [2.45, 2.75) is 32.4 Å². The zero-order chi connectivity index (χ0) is 26.8. The van der Waals surface area contributed by atoms with Gasteiger partial charge < -0.3 is 14.2 Å². The highest BCUT2D eigenvalue weighted by molar-refractivity contribution is 6.10. The molecule has 0 radical (unpaired) electrons. The van der Waals surface area contributed by atoms with Crippen molar-refractivity contribution >= 4 is 28.4 Å². The summed E-state index contributed by atoms with van der Waals surface area (Å²) < 4.78 is 22.2. The first-order valence-corrected chi connectivity index (χ1v) is 13.5. The minimum Gasteiger partial charge on any atom is -0.449 e. The Morgan fingerprint density at radius 3 is 2.54 bits per heavy atom. The lowest BCUT2D eigenvalue weighted by atomic mass is 10.1. The Labute approximate surface area is 226 Å². The summed E-state index contributed by atoms with van der Waals surface area (Å²) in [6.07, 6.45) is 7.00. The standard InChI is InChI=1S/C32H30FN3O3/c33-27-9-2-1-8-25(27)22-36-28-10-3-4-11-29(28)39-30(32(36)38)21-23-12-13-26-24(20-23)14-19-35(31(26)37)18-7-17-34-15-5-6-16-34/h1-4,8-14,19-21H,5-7,15-18,22H2. The third-order valence-corrected chi connectivity index (χ3v) is 7.49. The van der Waals surface area contributed by atoms with Gasteiger partial charge in [-0.1, -0.05) is 36.4 Å². The Balaban J connectivity index is 1.26. The lowest BCUT2D eigenvalue weighted by molar-refractivity contribution is -0.117. The Morgan fingerprint density at radius 2 is 1.69 bits per heavy atom. The summed E-state index contributed by atoms with van der Waals surface area (Å²) in [6, 6.07) is 21.1. The Kier molecular flexibility index (Phi) is 6.99. The zero-order valence-electron chi connectivity index (χ0n) is 21.7. The van der Waals surface area contributed by atoms with Crippen LogP contribution in [0.25, 0.3) is 16.8 Å². The number of halogens is 1. The second kappa shape index (κ2) is 10.9. The smallest absolute Gasteiger partial charge is 0.294 e. The van der Waals surface area contributed by atoms with E-state index < -0.39 is 0 Å². The highest BCUT2D eigenvalue weighted by atomic mass is 19.1. The number of para-hydroxylation sites is 2. The van der Waals surface area contributed by atoms with Gasteiger partial charge in [0.15, 0.2) is 11.5 Å². The van der Waals surface area contributed by atoms with E-state index >= 15 is 0 Å². The molecule has 3 heterocycles. The van der Waals surface area contributed by atoms with Crippen LogP contribution in [0.1, 0.15) is 30.4 Å². The molecule has 0 unspecified atom stereocenters. The van der Waals surface area contributed by atoms with E-state index in [2.05, 4.69) is 4.90 Å². The van der Waals surface area contributed by atoms with Crippen molar-refractivity contribution in [3.63, 3.8) is 0 Å². The Morgan fingerprint density at radius 1 is 0.897 bits per heavy atom. The first kappa shape index (κ1) is 25.1. The minimum absolute atomic E-state index is 0.0110. The van der Waals surface area contributed by atoms with Gasteiger partial charge in [0, 0.05) is 23.7 Å². The average molecular weight is 524 g/mol. The number of hydrogen-bond donors (Lipinski definition) is 0. The summed E-state index contributed by atoms with van der Waals surface area (Å²) in [5, 5.41) is 1.44. The lowest BCUT2D eigenvalue weighted by Crippen LogP contribution is -2.37. The van der Waals surface area contributed by atoms with Gasteiger partial charge >= 0.3 is 0 Å². The number of pyridine rings is 1. The summed E-state index contributed by atoms with van der Waals surface area (Å²) in [7, 11) is 0. The molecule has 0 bridgehead atoms. The first-order valence-electron chi connectivity index (χ1n) is 13.5. The molecular formula is C32H30FN3O3. The average Bonchev–Trinajstić information content (AvgIpc) is 3.47. The summed E-state index contributed by atoms with van der Waals surface area (Å²) in [6.45, 7) is 4.10. The van der Waals surface area contributed by atoms with Crippen LogP contribution < -0.4 is 15.2 Å². The lowest BCUT2D eigenvalue weighted by Gasteiger charge is -2.30. The van der Waals surface area contributed by atoms with Gasteiger partial charge in [-0.3, -0.25) is 14.5 Å². The van der Waals surface area contributed by atoms with Crippen LogP contribution in [-0.2, 0) is 17.9 Å². The minimum atomic E-state index is -0.365. The van der Waals surface area contributed by atoms with E-state index in [4.69, 9.17) is 4.74 Å². The number of anilines is 1. The van der Waals surface area contributed by atoms with Gasteiger partial charge in [-0.25, -0.2) is 4.39 Å². The monoisotopic (exact) mass is 523 g/mol. The van der Waals surface area contributed by atoms with Crippen molar-refractivity contribution in [3.05, 3.63) is 112 Å². The van der Waals surface area contributed by atoms with Gasteiger partial charge in [-0.2, -0.15) is 0 Å². The van der Waals surface area contributed by atoms with E-state index in [1.807, 2.05) is 36.5 Å². The molecule has 1 aromatic heterocycles. The van der Waals surface area contributed by atoms with Crippen LogP contribution in [0.15, 0.2) is 89.5 Å². The number of likely N-dealkylation sites (tertiary alicyclic amines) is 1. The topological polar surface area (TPSA) is 54.8 Å². The molecule has 6 rings (SSSR count). The molecule has 7 heteroatoms. The van der Waals surface area contributed by atoms with Crippen LogP contribution in [0.2, 0.25) is 0 Å². The molecule has 4 aromatic rings. The second-order valence-corrected chi connectivity index (χ2v) is 10.1. The van der Waals surface area contributed by atoms with Crippen LogP contribution in [0, 0.1) is 5.82 Å². The van der Waals surface area contributed by atoms with E-state index in [9.17, 15) is 14.0 Å². The van der Waals surface area contributed by atoms with E-state index in [1.165, 1.54) is 23.8 Å². The fourth-order valence-electron chi connectivity index (χ4n) is 5.41. The molecule has 0 saturated carbocycles. The number of rotatable bonds is 7. The quantitative estimate of drug-likeness (QED) is 0.296. The van der Waals surface area contributed by atoms with Gasteiger partial charge in [0.1, 0.15) is 5.82 Å². The summed E-state index contributed by atoms with van der Waals surface area (Å²) in [4.78, 5) is 30.6. The number of fused-ring (bicyclic) bond motifs is 2. The Bertz CT molecular complexity index is 1620. The molecule has 198 valence electrons. The number of amides is 1. The van der Waals surface area contributed by atoms with Crippen molar-refractivity contribution in [1.29, 1.82) is 0 Å². The van der Waals surface area contributed by atoms with Gasteiger partial charge in [-0.05, 0) is 92.3 Å². The van der Waals surface area contributed by atoms with Crippen molar-refractivity contribution in [3.8, 4) is 5.75 Å². The third-order valence-electron chi connectivity index (χ3n) is 7.49. The van der Waals surface area contributed by atoms with Gasteiger partial charge in [0.05, 0.1) is 12.2 Å². The molecule has 0 aliphatic carbocycles. The second-order valence-electron chi connectivity index (χ2n) is 10.1. The van der Waals surface area contributed by atoms with Crippen molar-refractivity contribution in [2.75, 3.05) is 24.5 Å². The van der Waals surface area contributed by atoms with Crippen LogP contribution in [-0.4, -0.2) is 35.0 Å². The molecule has 39 heavy (non-hydrogen) atoms. The molecule has 1 amide bonds. The van der Waals surface area contributed by atoms with E-state index in [-0.39, 0.29) is 29.6 Å². The fourth-order valence-corrected chi connectivity index (χ4v) is 5.41. The molecule has 0 atom stereocenters. The number of hydrogen-bond acceptors (Lipinski definition) is 4. The number of aromatic nitrogens is 1. The van der Waals surface area contributed by atoms with Crippen LogP contribution >= 0.6 is 0 Å². The predicted molar refractivity (Wildman–Crippen MR) is 151 cm³/mol. The van der Waals surface area contributed by atoms with Crippen LogP contribution in [0.4, 0.5) is 10.1 Å². The van der Waals surface area contributed by atoms with E-state index in [0.717, 1.165) is 37.0 Å².